The molecule has 0 atom stereocenters. The van der Waals surface area contributed by atoms with Crippen molar-refractivity contribution in [1.29, 1.82) is 0 Å². The summed E-state index contributed by atoms with van der Waals surface area (Å²) in [6.45, 7) is 4.46. The van der Waals surface area contributed by atoms with E-state index in [9.17, 15) is 5.11 Å². The fraction of sp³-hybridized carbons (Fsp3) is 0.250. The van der Waals surface area contributed by atoms with Crippen molar-refractivity contribution < 1.29 is 5.11 Å². The zero-order valence-electron chi connectivity index (χ0n) is 9.71. The van der Waals surface area contributed by atoms with Gasteiger partial charge in [0.25, 0.3) is 0 Å². The number of para-hydroxylation sites is 1. The van der Waals surface area contributed by atoms with Gasteiger partial charge in [-0.1, -0.05) is 12.1 Å². The second-order valence-electron chi connectivity index (χ2n) is 3.91. The molecule has 0 saturated carbocycles. The summed E-state index contributed by atoms with van der Waals surface area (Å²) in [6, 6.07) is 5.60. The minimum Gasteiger partial charge on any atom is -0.506 e. The Hall–Kier alpha value is -1.49. The Bertz CT molecular complexity index is 517. The number of benzene rings is 1. The topological polar surface area (TPSA) is 60.9 Å². The van der Waals surface area contributed by atoms with Crippen LogP contribution in [0.2, 0.25) is 0 Å². The van der Waals surface area contributed by atoms with Gasteiger partial charge in [-0.2, -0.15) is 5.10 Å². The number of halogens is 1. The van der Waals surface area contributed by atoms with Crippen molar-refractivity contribution in [2.24, 2.45) is 0 Å². The second kappa shape index (κ2) is 4.79. The van der Waals surface area contributed by atoms with Gasteiger partial charge in [-0.3, -0.25) is 5.10 Å². The lowest BCUT2D eigenvalue weighted by atomic mass is 10.2. The van der Waals surface area contributed by atoms with Crippen LogP contribution in [0.15, 0.2) is 22.7 Å². The first kappa shape index (κ1) is 12.0. The first-order valence-electron chi connectivity index (χ1n) is 5.31. The van der Waals surface area contributed by atoms with Gasteiger partial charge in [0, 0.05) is 12.1 Å². The molecule has 0 aliphatic heterocycles. The highest BCUT2D eigenvalue weighted by molar-refractivity contribution is 9.10. The van der Waals surface area contributed by atoms with Gasteiger partial charge in [-0.05, 0) is 35.8 Å². The van der Waals surface area contributed by atoms with Crippen molar-refractivity contribution >= 4 is 21.6 Å². The third kappa shape index (κ3) is 2.44. The Balaban J connectivity index is 2.15. The van der Waals surface area contributed by atoms with Crippen LogP contribution in [-0.4, -0.2) is 15.3 Å². The van der Waals surface area contributed by atoms with Crippen LogP contribution >= 0.6 is 15.9 Å². The fourth-order valence-corrected chi connectivity index (χ4v) is 2.10. The van der Waals surface area contributed by atoms with Crippen molar-refractivity contribution in [2.45, 2.75) is 20.4 Å². The molecule has 0 unspecified atom stereocenters. The van der Waals surface area contributed by atoms with E-state index in [2.05, 4.69) is 31.4 Å². The molecule has 0 saturated heterocycles. The highest BCUT2D eigenvalue weighted by atomic mass is 79.9. The fourth-order valence-electron chi connectivity index (χ4n) is 1.70. The number of aromatic nitrogens is 2. The summed E-state index contributed by atoms with van der Waals surface area (Å²) >= 11 is 3.30. The quantitative estimate of drug-likeness (QED) is 0.815. The lowest BCUT2D eigenvalue weighted by Gasteiger charge is -2.09. The van der Waals surface area contributed by atoms with Crippen molar-refractivity contribution in [3.63, 3.8) is 0 Å². The molecule has 1 heterocycles. The molecular weight excluding hydrogens is 282 g/mol. The number of phenols is 1. The summed E-state index contributed by atoms with van der Waals surface area (Å²) in [5, 5.41) is 20.1. The van der Waals surface area contributed by atoms with Crippen LogP contribution in [0.5, 0.6) is 5.75 Å². The first-order chi connectivity index (χ1) is 8.09. The number of aromatic hydroxyl groups is 1. The van der Waals surface area contributed by atoms with E-state index in [0.29, 0.717) is 11.0 Å². The average molecular weight is 296 g/mol. The van der Waals surface area contributed by atoms with Crippen molar-refractivity contribution in [3.8, 4) is 5.75 Å². The maximum atomic E-state index is 9.85. The maximum Gasteiger partial charge on any atom is 0.134 e. The van der Waals surface area contributed by atoms with Gasteiger partial charge in [0.2, 0.25) is 0 Å². The van der Waals surface area contributed by atoms with Crippen LogP contribution in [0, 0.1) is 13.8 Å². The molecule has 90 valence electrons. The molecule has 5 heteroatoms. The Morgan fingerprint density at radius 1 is 1.41 bits per heavy atom. The molecular formula is C12H14BrN3O. The Morgan fingerprint density at radius 2 is 2.18 bits per heavy atom. The van der Waals surface area contributed by atoms with Crippen LogP contribution in [-0.2, 0) is 6.54 Å². The third-order valence-corrected chi connectivity index (χ3v) is 3.29. The average Bonchev–Trinajstić information content (AvgIpc) is 2.62. The molecule has 0 fully saturated rings. The SMILES string of the molecule is Cc1n[nH]c(C)c1NCc1cccc(Br)c1O. The second-order valence-corrected chi connectivity index (χ2v) is 4.76. The Morgan fingerprint density at radius 3 is 2.82 bits per heavy atom. The molecule has 0 bridgehead atoms. The summed E-state index contributed by atoms with van der Waals surface area (Å²) in [5.41, 5.74) is 3.76. The number of rotatable bonds is 3. The van der Waals surface area contributed by atoms with Gasteiger partial charge in [0.15, 0.2) is 0 Å². The molecule has 17 heavy (non-hydrogen) atoms. The van der Waals surface area contributed by atoms with Crippen molar-refractivity contribution in [2.75, 3.05) is 5.32 Å². The van der Waals surface area contributed by atoms with Crippen LogP contribution < -0.4 is 5.32 Å². The predicted molar refractivity (Wildman–Crippen MR) is 71.2 cm³/mol. The lowest BCUT2D eigenvalue weighted by molar-refractivity contribution is 0.465. The summed E-state index contributed by atoms with van der Waals surface area (Å²) in [6.07, 6.45) is 0. The largest absolute Gasteiger partial charge is 0.506 e. The minimum atomic E-state index is 0.277. The monoisotopic (exact) mass is 295 g/mol. The molecule has 0 aliphatic rings. The summed E-state index contributed by atoms with van der Waals surface area (Å²) in [5.74, 6) is 0.277. The van der Waals surface area contributed by atoms with E-state index in [-0.39, 0.29) is 5.75 Å². The van der Waals surface area contributed by atoms with E-state index < -0.39 is 0 Å². The lowest BCUT2D eigenvalue weighted by Crippen LogP contribution is -2.01. The van der Waals surface area contributed by atoms with Gasteiger partial charge in [-0.15, -0.1) is 0 Å². The number of nitrogens with one attached hydrogen (secondary N) is 2. The van der Waals surface area contributed by atoms with E-state index in [1.807, 2.05) is 32.0 Å². The smallest absolute Gasteiger partial charge is 0.134 e. The molecule has 2 aromatic rings. The number of H-pyrrole nitrogens is 1. The number of hydrogen-bond donors (Lipinski definition) is 3. The van der Waals surface area contributed by atoms with E-state index >= 15 is 0 Å². The van der Waals surface area contributed by atoms with Gasteiger partial charge < -0.3 is 10.4 Å². The molecule has 4 nitrogen and oxygen atoms in total. The zero-order chi connectivity index (χ0) is 12.4. The van der Waals surface area contributed by atoms with E-state index in [1.165, 1.54) is 0 Å². The number of hydrogen-bond acceptors (Lipinski definition) is 3. The Kier molecular flexibility index (Phi) is 3.38. The standard InChI is InChI=1S/C12H14BrN3O/c1-7-11(8(2)16-15-7)14-6-9-4-3-5-10(13)12(9)17/h3-5,14,17H,6H2,1-2H3,(H,15,16). The number of phenolic OH excluding ortho intramolecular Hbond substituents is 1. The zero-order valence-corrected chi connectivity index (χ0v) is 11.3. The minimum absolute atomic E-state index is 0.277. The maximum absolute atomic E-state index is 9.85. The molecule has 3 N–H and O–H groups in total. The summed E-state index contributed by atoms with van der Waals surface area (Å²) in [7, 11) is 0. The van der Waals surface area contributed by atoms with Crippen molar-refractivity contribution in [3.05, 3.63) is 39.6 Å². The molecule has 0 amide bonds. The first-order valence-corrected chi connectivity index (χ1v) is 6.10. The molecule has 0 spiro atoms. The number of anilines is 1. The van der Waals surface area contributed by atoms with Crippen LogP contribution in [0.3, 0.4) is 0 Å². The Labute approximate surface area is 108 Å². The molecule has 1 aromatic carbocycles. The van der Waals surface area contributed by atoms with Crippen LogP contribution in [0.1, 0.15) is 17.0 Å². The number of nitrogens with zero attached hydrogens (tertiary/aromatic N) is 1. The van der Waals surface area contributed by atoms with Gasteiger partial charge in [-0.25, -0.2) is 0 Å². The van der Waals surface area contributed by atoms with Gasteiger partial charge in [0.05, 0.1) is 21.5 Å². The predicted octanol–water partition coefficient (Wildman–Crippen LogP) is 3.11. The highest BCUT2D eigenvalue weighted by Crippen LogP contribution is 2.28. The van der Waals surface area contributed by atoms with E-state index in [0.717, 1.165) is 22.6 Å². The van der Waals surface area contributed by atoms with E-state index in [1.54, 1.807) is 0 Å². The number of aryl methyl sites for hydroxylation is 2. The van der Waals surface area contributed by atoms with Crippen LogP contribution in [0.4, 0.5) is 5.69 Å². The summed E-state index contributed by atoms with van der Waals surface area (Å²) in [4.78, 5) is 0. The molecule has 1 aromatic heterocycles. The molecule has 0 radical (unpaired) electrons. The number of aromatic amines is 1. The van der Waals surface area contributed by atoms with Gasteiger partial charge in [0.1, 0.15) is 5.75 Å². The molecule has 0 aliphatic carbocycles. The van der Waals surface area contributed by atoms with Crippen LogP contribution in [0.25, 0.3) is 0 Å². The van der Waals surface area contributed by atoms with E-state index in [4.69, 9.17) is 0 Å². The molecule has 2 rings (SSSR count). The van der Waals surface area contributed by atoms with Gasteiger partial charge >= 0.3 is 0 Å². The highest BCUT2D eigenvalue weighted by Gasteiger charge is 2.08. The third-order valence-electron chi connectivity index (χ3n) is 2.65. The summed E-state index contributed by atoms with van der Waals surface area (Å²) < 4.78 is 0.706. The van der Waals surface area contributed by atoms with Crippen molar-refractivity contribution in [1.82, 2.24) is 10.2 Å². The normalized spacial score (nSPS) is 10.5.